The van der Waals surface area contributed by atoms with Crippen molar-refractivity contribution in [3.8, 4) is 11.3 Å². The van der Waals surface area contributed by atoms with Gasteiger partial charge < -0.3 is 20.1 Å². The fraction of sp³-hybridized carbons (Fsp3) is 0.391. The van der Waals surface area contributed by atoms with E-state index in [2.05, 4.69) is 25.5 Å². The van der Waals surface area contributed by atoms with E-state index >= 15 is 0 Å². The molecule has 204 valence electrons. The van der Waals surface area contributed by atoms with Gasteiger partial charge in [0.15, 0.2) is 0 Å². The van der Waals surface area contributed by atoms with E-state index < -0.39 is 40.4 Å². The molecule has 38 heavy (non-hydrogen) atoms. The Kier molecular flexibility index (Phi) is 8.85. The van der Waals surface area contributed by atoms with Crippen LogP contribution in [-0.4, -0.2) is 73.2 Å². The number of carboxylic acid groups (broad SMARTS) is 1. The number of tetrazole rings is 1. The van der Waals surface area contributed by atoms with E-state index in [1.54, 1.807) is 0 Å². The van der Waals surface area contributed by atoms with Crippen molar-refractivity contribution in [3.63, 3.8) is 0 Å². The fourth-order valence-electron chi connectivity index (χ4n) is 3.62. The van der Waals surface area contributed by atoms with Crippen molar-refractivity contribution in [2.24, 2.45) is 7.05 Å². The molecule has 3 rings (SSSR count). The average molecular weight is 549 g/mol. The van der Waals surface area contributed by atoms with Gasteiger partial charge in [-0.25, -0.2) is 27.5 Å². The number of rotatable bonds is 11. The van der Waals surface area contributed by atoms with Gasteiger partial charge in [0.05, 0.1) is 29.9 Å². The summed E-state index contributed by atoms with van der Waals surface area (Å²) >= 11 is 0. The van der Waals surface area contributed by atoms with Gasteiger partial charge in [-0.05, 0) is 40.6 Å². The summed E-state index contributed by atoms with van der Waals surface area (Å²) in [5.41, 5.74) is 1.43. The summed E-state index contributed by atoms with van der Waals surface area (Å²) in [6, 6.07) is 5.34. The fourth-order valence-corrected chi connectivity index (χ4v) is 4.45. The Balaban J connectivity index is 2.22. The van der Waals surface area contributed by atoms with Crippen LogP contribution >= 0.6 is 0 Å². The van der Waals surface area contributed by atoms with E-state index in [0.29, 0.717) is 16.8 Å². The first kappa shape index (κ1) is 28.7. The Morgan fingerprint density at radius 2 is 1.87 bits per heavy atom. The standard InChI is InChI=1S/C23H28FN7O6S/c1-13(2)20-18(10-9-16(32)11-17(33)12-19(34)35)21(14-5-7-15(24)8-6-14)26-22(25-20)31(38(4,36)37)23-27-28-29-30(23)3/h5-10,13,16-17,32-33H,11-12H2,1-4H3,(H,34,35)/p-1. The first-order valence-corrected chi connectivity index (χ1v) is 13.3. The van der Waals surface area contributed by atoms with Crippen molar-refractivity contribution in [2.45, 2.75) is 44.8 Å². The number of hydrogen-bond acceptors (Lipinski definition) is 11. The summed E-state index contributed by atoms with van der Waals surface area (Å²) in [4.78, 5) is 19.7. The summed E-state index contributed by atoms with van der Waals surface area (Å²) in [5.74, 6) is -2.64. The minimum Gasteiger partial charge on any atom is -0.550 e. The SMILES string of the molecule is CC(C)c1nc(N(c2nnnn2C)S(C)(=O)=O)nc(-c2ccc(F)cc2)c1C=CC(O)CC(O)CC(=O)[O-]. The normalized spacial score (nSPS) is 13.7. The number of benzene rings is 1. The third kappa shape index (κ3) is 6.93. The second-order valence-electron chi connectivity index (χ2n) is 8.85. The lowest BCUT2D eigenvalue weighted by molar-refractivity contribution is -0.307. The lowest BCUT2D eigenvalue weighted by atomic mass is 9.97. The Hall–Kier alpha value is -3.82. The number of halogens is 1. The molecule has 1 aromatic carbocycles. The number of hydrogen-bond donors (Lipinski definition) is 2. The molecule has 15 heteroatoms. The zero-order valence-electron chi connectivity index (χ0n) is 21.1. The number of carbonyl (C=O) groups is 1. The number of sulfonamides is 1. The van der Waals surface area contributed by atoms with E-state index in [4.69, 9.17) is 0 Å². The Morgan fingerprint density at radius 3 is 2.39 bits per heavy atom. The molecule has 2 aromatic heterocycles. The zero-order valence-corrected chi connectivity index (χ0v) is 21.9. The highest BCUT2D eigenvalue weighted by molar-refractivity contribution is 7.92. The maximum absolute atomic E-state index is 13.7. The molecule has 2 N–H and O–H groups in total. The van der Waals surface area contributed by atoms with Gasteiger partial charge >= 0.3 is 0 Å². The molecule has 0 saturated carbocycles. The van der Waals surface area contributed by atoms with E-state index in [9.17, 15) is 32.9 Å². The molecule has 0 aliphatic heterocycles. The van der Waals surface area contributed by atoms with Gasteiger partial charge in [-0.15, -0.1) is 0 Å². The summed E-state index contributed by atoms with van der Waals surface area (Å²) < 4.78 is 41.2. The number of carbonyl (C=O) groups excluding carboxylic acids is 1. The van der Waals surface area contributed by atoms with Gasteiger partial charge in [-0.3, -0.25) is 0 Å². The van der Waals surface area contributed by atoms with Crippen molar-refractivity contribution in [2.75, 3.05) is 10.6 Å². The third-order valence-corrected chi connectivity index (χ3v) is 6.31. The number of aromatic nitrogens is 6. The Morgan fingerprint density at radius 1 is 1.21 bits per heavy atom. The number of aliphatic hydroxyl groups excluding tert-OH is 2. The van der Waals surface area contributed by atoms with Gasteiger partial charge in [0.25, 0.3) is 5.95 Å². The molecule has 0 aliphatic rings. The van der Waals surface area contributed by atoms with E-state index in [-0.39, 0.29) is 29.9 Å². The van der Waals surface area contributed by atoms with Crippen LogP contribution in [-0.2, 0) is 21.9 Å². The van der Waals surface area contributed by atoms with Crippen LogP contribution in [0.5, 0.6) is 0 Å². The Bertz CT molecular complexity index is 1430. The molecule has 13 nitrogen and oxygen atoms in total. The molecule has 2 heterocycles. The van der Waals surface area contributed by atoms with E-state index in [1.165, 1.54) is 43.5 Å². The molecule has 0 aliphatic carbocycles. The highest BCUT2D eigenvalue weighted by Gasteiger charge is 2.30. The van der Waals surface area contributed by atoms with Crippen molar-refractivity contribution in [3.05, 3.63) is 47.4 Å². The van der Waals surface area contributed by atoms with Crippen molar-refractivity contribution in [1.29, 1.82) is 0 Å². The third-order valence-electron chi connectivity index (χ3n) is 5.32. The first-order valence-electron chi connectivity index (χ1n) is 11.4. The maximum atomic E-state index is 13.7. The minimum absolute atomic E-state index is 0.159. The van der Waals surface area contributed by atoms with Crippen molar-refractivity contribution < 1.29 is 32.9 Å². The predicted molar refractivity (Wildman–Crippen MR) is 133 cm³/mol. The van der Waals surface area contributed by atoms with Crippen LogP contribution in [0.25, 0.3) is 17.3 Å². The highest BCUT2D eigenvalue weighted by Crippen LogP contribution is 2.33. The molecule has 2 unspecified atom stereocenters. The highest BCUT2D eigenvalue weighted by atomic mass is 32.2. The number of carboxylic acids is 1. The number of anilines is 2. The monoisotopic (exact) mass is 548 g/mol. The van der Waals surface area contributed by atoms with Gasteiger partial charge in [0.2, 0.25) is 16.0 Å². The van der Waals surface area contributed by atoms with Crippen LogP contribution in [0.2, 0.25) is 0 Å². The minimum atomic E-state index is -4.03. The van der Waals surface area contributed by atoms with E-state index in [0.717, 1.165) is 15.2 Å². The van der Waals surface area contributed by atoms with Gasteiger partial charge in [-0.2, -0.15) is 4.31 Å². The smallest absolute Gasteiger partial charge is 0.266 e. The van der Waals surface area contributed by atoms with Crippen molar-refractivity contribution in [1.82, 2.24) is 30.2 Å². The van der Waals surface area contributed by atoms with Crippen LogP contribution in [0.4, 0.5) is 16.3 Å². The second-order valence-corrected chi connectivity index (χ2v) is 10.7. The maximum Gasteiger partial charge on any atom is 0.266 e. The number of nitrogens with zero attached hydrogens (tertiary/aromatic N) is 7. The van der Waals surface area contributed by atoms with Gasteiger partial charge in [0, 0.05) is 37.0 Å². The average Bonchev–Trinajstić information content (AvgIpc) is 3.21. The van der Waals surface area contributed by atoms with Crippen molar-refractivity contribution >= 4 is 34.0 Å². The number of aryl methyl sites for hydroxylation is 1. The molecular formula is C23H27FN7O6S-. The Labute approximate surface area is 218 Å². The summed E-state index contributed by atoms with van der Waals surface area (Å²) in [6.45, 7) is 3.62. The topological polar surface area (TPSA) is 187 Å². The summed E-state index contributed by atoms with van der Waals surface area (Å²) in [6.07, 6.45) is 0.288. The number of aliphatic hydroxyl groups is 2. The molecule has 0 spiro atoms. The molecule has 3 aromatic rings. The predicted octanol–water partition coefficient (Wildman–Crippen LogP) is 0.292. The first-order chi connectivity index (χ1) is 17.8. The molecule has 0 fully saturated rings. The summed E-state index contributed by atoms with van der Waals surface area (Å²) in [5, 5.41) is 41.8. The van der Waals surface area contributed by atoms with Gasteiger partial charge in [0.1, 0.15) is 5.82 Å². The van der Waals surface area contributed by atoms with Crippen LogP contribution in [0.1, 0.15) is 43.9 Å². The second kappa shape index (κ2) is 11.7. The molecule has 0 bridgehead atoms. The molecule has 0 amide bonds. The molecule has 0 saturated heterocycles. The van der Waals surface area contributed by atoms with Crippen LogP contribution in [0.3, 0.4) is 0 Å². The molecule has 2 atom stereocenters. The lowest BCUT2D eigenvalue weighted by Gasteiger charge is -2.22. The van der Waals surface area contributed by atoms with Gasteiger partial charge in [-0.1, -0.05) is 31.1 Å². The van der Waals surface area contributed by atoms with Crippen LogP contribution < -0.4 is 9.41 Å². The van der Waals surface area contributed by atoms with E-state index in [1.807, 2.05) is 13.8 Å². The van der Waals surface area contributed by atoms with Crippen LogP contribution in [0, 0.1) is 5.82 Å². The van der Waals surface area contributed by atoms with Crippen LogP contribution in [0.15, 0.2) is 30.3 Å². The number of aliphatic carboxylic acids is 1. The molecule has 0 radical (unpaired) electrons. The largest absolute Gasteiger partial charge is 0.550 e. The zero-order chi connectivity index (χ0) is 28.2. The lowest BCUT2D eigenvalue weighted by Crippen LogP contribution is -2.30. The quantitative estimate of drug-likeness (QED) is 0.335. The molecular weight excluding hydrogens is 521 g/mol. The summed E-state index contributed by atoms with van der Waals surface area (Å²) in [7, 11) is -2.58.